The van der Waals surface area contributed by atoms with Gasteiger partial charge in [0.1, 0.15) is 11.0 Å². The molecule has 0 amide bonds. The van der Waals surface area contributed by atoms with E-state index in [2.05, 4.69) is 40.9 Å². The third kappa shape index (κ3) is 4.65. The molecular formula is C14H17ClN4S. The van der Waals surface area contributed by atoms with E-state index in [0.717, 1.165) is 12.1 Å². The first kappa shape index (κ1) is 15.1. The normalized spacial score (nSPS) is 11.0. The fourth-order valence-electron chi connectivity index (χ4n) is 1.82. The van der Waals surface area contributed by atoms with Crippen LogP contribution in [0.3, 0.4) is 0 Å². The van der Waals surface area contributed by atoms with E-state index in [9.17, 15) is 0 Å². The third-order valence-electron chi connectivity index (χ3n) is 2.57. The maximum atomic E-state index is 5.85. The summed E-state index contributed by atoms with van der Waals surface area (Å²) >= 11 is 7.33. The maximum Gasteiger partial charge on any atom is 0.191 e. The average Bonchev–Trinajstić information content (AvgIpc) is 2.35. The van der Waals surface area contributed by atoms with Crippen LogP contribution in [0.1, 0.15) is 25.1 Å². The molecule has 0 radical (unpaired) electrons. The Morgan fingerprint density at radius 3 is 2.80 bits per heavy atom. The van der Waals surface area contributed by atoms with Crippen LogP contribution in [0, 0.1) is 5.92 Å². The van der Waals surface area contributed by atoms with Crippen LogP contribution in [0.2, 0.25) is 5.15 Å². The molecule has 0 saturated heterocycles. The number of aromatic nitrogens is 3. The Hall–Kier alpha value is -1.33. The van der Waals surface area contributed by atoms with E-state index in [4.69, 9.17) is 17.3 Å². The number of anilines is 1. The van der Waals surface area contributed by atoms with Gasteiger partial charge in [-0.25, -0.2) is 9.97 Å². The predicted molar refractivity (Wildman–Crippen MR) is 83.8 cm³/mol. The molecule has 0 bridgehead atoms. The van der Waals surface area contributed by atoms with Gasteiger partial charge in [-0.15, -0.1) is 0 Å². The summed E-state index contributed by atoms with van der Waals surface area (Å²) in [5.74, 6) is 1.72. The topological polar surface area (TPSA) is 64.7 Å². The molecule has 106 valence electrons. The van der Waals surface area contributed by atoms with Gasteiger partial charge in [0, 0.05) is 18.0 Å². The fraction of sp³-hybridized carbons (Fsp3) is 0.357. The second-order valence-electron chi connectivity index (χ2n) is 4.94. The minimum absolute atomic E-state index is 0.363. The smallest absolute Gasteiger partial charge is 0.191 e. The number of thioether (sulfide) groups is 1. The first-order valence-electron chi connectivity index (χ1n) is 6.39. The van der Waals surface area contributed by atoms with Gasteiger partial charge in [-0.05, 0) is 30.0 Å². The van der Waals surface area contributed by atoms with Crippen molar-refractivity contribution in [3.63, 3.8) is 0 Å². The molecule has 0 fully saturated rings. The Morgan fingerprint density at radius 1 is 1.30 bits per heavy atom. The number of nitrogen functional groups attached to an aromatic ring is 1. The van der Waals surface area contributed by atoms with Crippen LogP contribution >= 0.6 is 23.4 Å². The van der Waals surface area contributed by atoms with E-state index in [1.165, 1.54) is 23.4 Å². The quantitative estimate of drug-likeness (QED) is 0.519. The predicted octanol–water partition coefficient (Wildman–Crippen LogP) is 3.60. The lowest BCUT2D eigenvalue weighted by Crippen LogP contribution is -1.98. The second-order valence-corrected chi connectivity index (χ2v) is 6.27. The zero-order valence-corrected chi connectivity index (χ0v) is 13.1. The summed E-state index contributed by atoms with van der Waals surface area (Å²) in [6.07, 6.45) is 2.90. The zero-order valence-electron chi connectivity index (χ0n) is 11.5. The molecule has 0 aliphatic carbocycles. The average molecular weight is 309 g/mol. The van der Waals surface area contributed by atoms with Crippen LogP contribution in [0.25, 0.3) is 0 Å². The van der Waals surface area contributed by atoms with Gasteiger partial charge in [0.05, 0.1) is 5.69 Å². The number of nitrogens with two attached hydrogens (primary N) is 1. The molecule has 0 aliphatic heterocycles. The lowest BCUT2D eigenvalue weighted by atomic mass is 10.0. The molecule has 2 aromatic rings. The molecule has 2 N–H and O–H groups in total. The summed E-state index contributed by atoms with van der Waals surface area (Å²) in [5, 5.41) is 0.938. The summed E-state index contributed by atoms with van der Waals surface area (Å²) in [4.78, 5) is 12.6. The van der Waals surface area contributed by atoms with E-state index >= 15 is 0 Å². The monoisotopic (exact) mass is 308 g/mol. The summed E-state index contributed by atoms with van der Waals surface area (Å²) in [6, 6.07) is 5.72. The van der Waals surface area contributed by atoms with Gasteiger partial charge in [0.15, 0.2) is 5.16 Å². The Balaban J connectivity index is 2.03. The van der Waals surface area contributed by atoms with Crippen molar-refractivity contribution in [2.45, 2.75) is 31.2 Å². The molecule has 0 saturated carbocycles. The molecule has 20 heavy (non-hydrogen) atoms. The highest BCUT2D eigenvalue weighted by Gasteiger charge is 2.05. The molecular weight excluding hydrogens is 292 g/mol. The zero-order chi connectivity index (χ0) is 14.5. The second kappa shape index (κ2) is 6.90. The molecule has 0 spiro atoms. The van der Waals surface area contributed by atoms with Crippen molar-refractivity contribution in [2.75, 3.05) is 5.73 Å². The number of hydrogen-bond acceptors (Lipinski definition) is 5. The number of pyridine rings is 1. The van der Waals surface area contributed by atoms with Crippen molar-refractivity contribution in [1.29, 1.82) is 0 Å². The van der Waals surface area contributed by atoms with Gasteiger partial charge < -0.3 is 5.73 Å². The van der Waals surface area contributed by atoms with E-state index < -0.39 is 0 Å². The highest BCUT2D eigenvalue weighted by molar-refractivity contribution is 7.98. The SMILES string of the molecule is CC(C)Cc1ccnc(CSc2nc(N)cc(Cl)n2)c1. The molecule has 0 aromatic carbocycles. The number of rotatable bonds is 5. The molecule has 0 atom stereocenters. The maximum absolute atomic E-state index is 5.85. The van der Waals surface area contributed by atoms with Gasteiger partial charge in [0.25, 0.3) is 0 Å². The van der Waals surface area contributed by atoms with E-state index in [-0.39, 0.29) is 0 Å². The van der Waals surface area contributed by atoms with E-state index in [0.29, 0.717) is 27.8 Å². The molecule has 0 unspecified atom stereocenters. The number of nitrogens with zero attached hydrogens (tertiary/aromatic N) is 3. The minimum Gasteiger partial charge on any atom is -0.384 e. The number of halogens is 1. The van der Waals surface area contributed by atoms with Gasteiger partial charge in [-0.1, -0.05) is 37.2 Å². The Labute approximate surface area is 128 Å². The lowest BCUT2D eigenvalue weighted by Gasteiger charge is -2.06. The van der Waals surface area contributed by atoms with E-state index in [1.54, 1.807) is 0 Å². The largest absolute Gasteiger partial charge is 0.384 e. The van der Waals surface area contributed by atoms with Crippen LogP contribution < -0.4 is 5.73 Å². The highest BCUT2D eigenvalue weighted by atomic mass is 35.5. The first-order chi connectivity index (χ1) is 9.52. The molecule has 0 aliphatic rings. The Morgan fingerprint density at radius 2 is 2.10 bits per heavy atom. The summed E-state index contributed by atoms with van der Waals surface area (Å²) < 4.78 is 0. The number of hydrogen-bond donors (Lipinski definition) is 1. The summed E-state index contributed by atoms with van der Waals surface area (Å²) in [6.45, 7) is 4.41. The van der Waals surface area contributed by atoms with Crippen LogP contribution in [0.5, 0.6) is 0 Å². The fourth-order valence-corrected chi connectivity index (χ4v) is 2.83. The van der Waals surface area contributed by atoms with Gasteiger partial charge >= 0.3 is 0 Å². The highest BCUT2D eigenvalue weighted by Crippen LogP contribution is 2.21. The summed E-state index contributed by atoms with van der Waals surface area (Å²) in [7, 11) is 0. The third-order valence-corrected chi connectivity index (χ3v) is 3.64. The van der Waals surface area contributed by atoms with Crippen molar-refractivity contribution in [3.05, 3.63) is 40.8 Å². The molecule has 2 aromatic heterocycles. The molecule has 4 nitrogen and oxygen atoms in total. The van der Waals surface area contributed by atoms with Gasteiger partial charge in [0.2, 0.25) is 0 Å². The Kier molecular flexibility index (Phi) is 5.20. The molecule has 2 rings (SSSR count). The van der Waals surface area contributed by atoms with Crippen LogP contribution in [-0.4, -0.2) is 15.0 Å². The van der Waals surface area contributed by atoms with Crippen molar-refractivity contribution >= 4 is 29.2 Å². The van der Waals surface area contributed by atoms with E-state index in [1.807, 2.05) is 6.20 Å². The van der Waals surface area contributed by atoms with Crippen molar-refractivity contribution in [3.8, 4) is 0 Å². The molecule has 6 heteroatoms. The van der Waals surface area contributed by atoms with Crippen molar-refractivity contribution < 1.29 is 0 Å². The molecule has 2 heterocycles. The minimum atomic E-state index is 0.363. The van der Waals surface area contributed by atoms with Crippen molar-refractivity contribution in [1.82, 2.24) is 15.0 Å². The summed E-state index contributed by atoms with van der Waals surface area (Å²) in [5.41, 5.74) is 7.96. The van der Waals surface area contributed by atoms with Crippen LogP contribution in [0.15, 0.2) is 29.6 Å². The van der Waals surface area contributed by atoms with Gasteiger partial charge in [-0.2, -0.15) is 0 Å². The van der Waals surface area contributed by atoms with Crippen molar-refractivity contribution in [2.24, 2.45) is 5.92 Å². The van der Waals surface area contributed by atoms with Gasteiger partial charge in [-0.3, -0.25) is 4.98 Å². The lowest BCUT2D eigenvalue weighted by molar-refractivity contribution is 0.646. The Bertz CT molecular complexity index is 569. The standard InChI is InChI=1S/C14H17ClN4S/c1-9(2)5-10-3-4-17-11(6-10)8-20-14-18-12(15)7-13(16)19-14/h3-4,6-7,9H,5,8H2,1-2H3,(H2,16,18,19). The first-order valence-corrected chi connectivity index (χ1v) is 7.76. The van der Waals surface area contributed by atoms with Crippen LogP contribution in [-0.2, 0) is 12.2 Å². The van der Waals surface area contributed by atoms with Crippen LogP contribution in [0.4, 0.5) is 5.82 Å².